The number of hydrogen-bond donors (Lipinski definition) is 2. The van der Waals surface area contributed by atoms with Crippen molar-refractivity contribution in [3.05, 3.63) is 23.8 Å². The van der Waals surface area contributed by atoms with Gasteiger partial charge in [-0.15, -0.1) is 0 Å². The first-order chi connectivity index (χ1) is 15.7. The Morgan fingerprint density at radius 1 is 1.26 bits per heavy atom. The highest BCUT2D eigenvalue weighted by Crippen LogP contribution is 2.50. The first-order valence-electron chi connectivity index (χ1n) is 11.8. The van der Waals surface area contributed by atoms with E-state index in [1.807, 2.05) is 13.8 Å². The Morgan fingerprint density at radius 2 is 1.91 bits per heavy atom. The van der Waals surface area contributed by atoms with Crippen LogP contribution in [0.2, 0.25) is 0 Å². The Kier molecular flexibility index (Phi) is 7.32. The molecule has 0 spiro atoms. The third kappa shape index (κ3) is 4.78. The van der Waals surface area contributed by atoms with Crippen LogP contribution in [-0.4, -0.2) is 63.9 Å². The Balaban J connectivity index is 2.13. The lowest BCUT2D eigenvalue weighted by atomic mass is 9.75. The molecule has 0 amide bonds. The molecule has 2 N–H and O–H groups in total. The summed E-state index contributed by atoms with van der Waals surface area (Å²) in [6, 6.07) is 0. The molecule has 9 heteroatoms. The monoisotopic (exact) mass is 480 g/mol. The van der Waals surface area contributed by atoms with E-state index in [-0.39, 0.29) is 24.3 Å². The van der Waals surface area contributed by atoms with Crippen molar-refractivity contribution in [2.75, 3.05) is 0 Å². The van der Waals surface area contributed by atoms with Crippen LogP contribution in [-0.2, 0) is 33.3 Å². The van der Waals surface area contributed by atoms with E-state index in [0.29, 0.717) is 12.0 Å². The van der Waals surface area contributed by atoms with Crippen LogP contribution in [0.3, 0.4) is 0 Å². The highest BCUT2D eigenvalue weighted by molar-refractivity contribution is 5.91. The lowest BCUT2D eigenvalue weighted by Crippen LogP contribution is -2.58. The fourth-order valence-electron chi connectivity index (χ4n) is 5.07. The fourth-order valence-corrected chi connectivity index (χ4v) is 5.07. The molecular formula is C25H36O9. The lowest BCUT2D eigenvalue weighted by molar-refractivity contribution is -0.278. The zero-order valence-corrected chi connectivity index (χ0v) is 20.7. The second kappa shape index (κ2) is 9.43. The summed E-state index contributed by atoms with van der Waals surface area (Å²) in [7, 11) is 0. The SMILES string of the molecule is C=C1C(=O)O[C@@H]2[C@@H]1[C@H](OC(=O)CC(C)C)[C@@]1(O)O[C@H](C[C@@H]1C)C[C@@](C)(O)[C@H]2OC(=O)/C(C)=C\C. The van der Waals surface area contributed by atoms with Gasteiger partial charge in [0.1, 0.15) is 5.60 Å². The molecule has 8 atom stereocenters. The van der Waals surface area contributed by atoms with Crippen LogP contribution in [0.4, 0.5) is 0 Å². The average Bonchev–Trinajstić information content (AvgIpc) is 3.17. The summed E-state index contributed by atoms with van der Waals surface area (Å²) in [5, 5.41) is 23.2. The molecule has 3 aliphatic rings. The largest absolute Gasteiger partial charge is 0.456 e. The van der Waals surface area contributed by atoms with Crippen molar-refractivity contribution < 1.29 is 43.5 Å². The van der Waals surface area contributed by atoms with Crippen LogP contribution < -0.4 is 0 Å². The van der Waals surface area contributed by atoms with Crippen LogP contribution in [0.5, 0.6) is 0 Å². The molecule has 2 bridgehead atoms. The summed E-state index contributed by atoms with van der Waals surface area (Å²) in [6.45, 7) is 14.0. The van der Waals surface area contributed by atoms with Gasteiger partial charge in [-0.05, 0) is 33.1 Å². The molecule has 3 rings (SSSR count). The molecule has 0 unspecified atom stereocenters. The summed E-state index contributed by atoms with van der Waals surface area (Å²) in [5.74, 6) is -5.61. The second-order valence-corrected chi connectivity index (χ2v) is 10.4. The molecule has 0 saturated carbocycles. The first kappa shape index (κ1) is 26.4. The van der Waals surface area contributed by atoms with Crippen LogP contribution in [0.15, 0.2) is 23.8 Å². The number of esters is 3. The van der Waals surface area contributed by atoms with Crippen molar-refractivity contribution in [1.82, 2.24) is 0 Å². The van der Waals surface area contributed by atoms with E-state index in [2.05, 4.69) is 6.58 Å². The maximum atomic E-state index is 12.7. The number of carbonyl (C=O) groups is 3. The number of aliphatic hydroxyl groups is 2. The van der Waals surface area contributed by atoms with E-state index in [4.69, 9.17) is 18.9 Å². The second-order valence-electron chi connectivity index (χ2n) is 10.4. The van der Waals surface area contributed by atoms with E-state index >= 15 is 0 Å². The molecule has 34 heavy (non-hydrogen) atoms. The Labute approximate surface area is 200 Å². The normalized spacial score (nSPS) is 40.2. The predicted octanol–water partition coefficient (Wildman–Crippen LogP) is 2.19. The highest BCUT2D eigenvalue weighted by atomic mass is 16.7. The van der Waals surface area contributed by atoms with Crippen molar-refractivity contribution in [1.29, 1.82) is 0 Å². The standard InChI is InChI=1S/C25H36O9/c1-8-13(4)22(27)33-21-19-18(15(6)23(28)32-19)20(31-17(26)9-12(2)3)25(30)14(5)10-16(34-25)11-24(21,7)29/h8,12,14,16,18-21,29-30H,6,9-11H2,1-5,7H3/b13-8-/t14-,16+,18+,19+,20-,21-,24+,25-/m0/s1. The highest BCUT2D eigenvalue weighted by Gasteiger charge is 2.65. The van der Waals surface area contributed by atoms with E-state index in [0.717, 1.165) is 0 Å². The van der Waals surface area contributed by atoms with E-state index < -0.39 is 65.5 Å². The molecule has 0 aliphatic carbocycles. The van der Waals surface area contributed by atoms with Crippen molar-refractivity contribution in [2.45, 2.75) is 96.6 Å². The molecular weight excluding hydrogens is 444 g/mol. The molecule has 3 fully saturated rings. The zero-order chi connectivity index (χ0) is 25.6. The summed E-state index contributed by atoms with van der Waals surface area (Å²) < 4.78 is 23.0. The Hall–Kier alpha value is -2.23. The number of hydrogen-bond acceptors (Lipinski definition) is 9. The van der Waals surface area contributed by atoms with Crippen molar-refractivity contribution in [3.63, 3.8) is 0 Å². The minimum Gasteiger partial charge on any atom is -0.456 e. The molecule has 0 aromatic rings. The van der Waals surface area contributed by atoms with Crippen LogP contribution in [0.25, 0.3) is 0 Å². The van der Waals surface area contributed by atoms with Crippen molar-refractivity contribution in [3.8, 4) is 0 Å². The number of carbonyl (C=O) groups excluding carboxylic acids is 3. The van der Waals surface area contributed by atoms with Crippen LogP contribution in [0, 0.1) is 17.8 Å². The molecule has 3 heterocycles. The predicted molar refractivity (Wildman–Crippen MR) is 120 cm³/mol. The van der Waals surface area contributed by atoms with Crippen LogP contribution >= 0.6 is 0 Å². The number of ether oxygens (including phenoxy) is 4. The topological polar surface area (TPSA) is 129 Å². The molecule has 3 aliphatic heterocycles. The maximum Gasteiger partial charge on any atom is 0.334 e. The molecule has 0 radical (unpaired) electrons. The Bertz CT molecular complexity index is 889. The molecule has 190 valence electrons. The maximum absolute atomic E-state index is 12.7. The summed E-state index contributed by atoms with van der Waals surface area (Å²) in [4.78, 5) is 38.1. The van der Waals surface area contributed by atoms with Crippen molar-refractivity contribution >= 4 is 17.9 Å². The number of rotatable bonds is 5. The third-order valence-corrected chi connectivity index (χ3v) is 7.05. The molecule has 0 aromatic heterocycles. The average molecular weight is 481 g/mol. The van der Waals surface area contributed by atoms with Gasteiger partial charge in [0.25, 0.3) is 0 Å². The molecule has 3 saturated heterocycles. The number of fused-ring (bicyclic) bond motifs is 3. The van der Waals surface area contributed by atoms with Gasteiger partial charge in [0.2, 0.25) is 5.79 Å². The minimum absolute atomic E-state index is 0.00755. The summed E-state index contributed by atoms with van der Waals surface area (Å²) >= 11 is 0. The van der Waals surface area contributed by atoms with Gasteiger partial charge >= 0.3 is 17.9 Å². The molecule has 9 nitrogen and oxygen atoms in total. The minimum atomic E-state index is -1.95. The fraction of sp³-hybridized carbons (Fsp3) is 0.720. The van der Waals surface area contributed by atoms with Gasteiger partial charge in [-0.25, -0.2) is 9.59 Å². The molecule has 0 aromatic carbocycles. The van der Waals surface area contributed by atoms with Gasteiger partial charge in [-0.1, -0.05) is 33.4 Å². The first-order valence-corrected chi connectivity index (χ1v) is 11.8. The van der Waals surface area contributed by atoms with E-state index in [1.165, 1.54) is 6.92 Å². The van der Waals surface area contributed by atoms with E-state index in [1.54, 1.807) is 26.8 Å². The summed E-state index contributed by atoms with van der Waals surface area (Å²) in [5.41, 5.74) is -1.44. The van der Waals surface area contributed by atoms with Gasteiger partial charge in [-0.3, -0.25) is 4.79 Å². The summed E-state index contributed by atoms with van der Waals surface area (Å²) in [6.07, 6.45) is -2.55. The van der Waals surface area contributed by atoms with E-state index in [9.17, 15) is 24.6 Å². The van der Waals surface area contributed by atoms with Crippen molar-refractivity contribution in [2.24, 2.45) is 17.8 Å². The Morgan fingerprint density at radius 3 is 2.50 bits per heavy atom. The van der Waals surface area contributed by atoms with Gasteiger partial charge in [0.05, 0.1) is 12.0 Å². The van der Waals surface area contributed by atoms with Gasteiger partial charge in [0, 0.05) is 29.9 Å². The smallest absolute Gasteiger partial charge is 0.334 e. The number of allylic oxidation sites excluding steroid dienone is 1. The van der Waals surface area contributed by atoms with Gasteiger partial charge < -0.3 is 29.2 Å². The van der Waals surface area contributed by atoms with Gasteiger partial charge in [-0.2, -0.15) is 0 Å². The third-order valence-electron chi connectivity index (χ3n) is 7.05. The lowest BCUT2D eigenvalue weighted by Gasteiger charge is -2.41. The van der Waals surface area contributed by atoms with Gasteiger partial charge in [0.15, 0.2) is 18.3 Å². The zero-order valence-electron chi connectivity index (χ0n) is 20.7. The quantitative estimate of drug-likeness (QED) is 0.346. The van der Waals surface area contributed by atoms with Crippen LogP contribution in [0.1, 0.15) is 60.8 Å².